The van der Waals surface area contributed by atoms with Gasteiger partial charge in [0.05, 0.1) is 0 Å². The number of allylic oxidation sites excluding steroid dienone is 3. The Morgan fingerprint density at radius 3 is 2.31 bits per heavy atom. The SMILES string of the molecule is CC1C(c2ccccc2)C1(NS(=O)(=O)/C(S)=C/C=C/Cc1ccccc1)C(=O)O. The molecule has 1 aliphatic carbocycles. The predicted molar refractivity (Wildman–Crippen MR) is 117 cm³/mol. The van der Waals surface area contributed by atoms with Crippen molar-refractivity contribution in [3.05, 3.63) is 94.3 Å². The van der Waals surface area contributed by atoms with Gasteiger partial charge in [-0.2, -0.15) is 4.72 Å². The fraction of sp³-hybridized carbons (Fsp3) is 0.227. The molecule has 0 aromatic heterocycles. The molecule has 0 aliphatic heterocycles. The van der Waals surface area contributed by atoms with Crippen molar-refractivity contribution in [2.45, 2.75) is 24.8 Å². The van der Waals surface area contributed by atoms with Crippen molar-refractivity contribution < 1.29 is 18.3 Å². The maximum absolute atomic E-state index is 12.7. The average molecular weight is 430 g/mol. The summed E-state index contributed by atoms with van der Waals surface area (Å²) in [7, 11) is -4.08. The highest BCUT2D eigenvalue weighted by Gasteiger charge is 2.70. The van der Waals surface area contributed by atoms with Gasteiger partial charge in [-0.25, -0.2) is 8.42 Å². The molecule has 2 N–H and O–H groups in total. The Bertz CT molecular complexity index is 1030. The van der Waals surface area contributed by atoms with Crippen LogP contribution in [0.15, 0.2) is 83.1 Å². The van der Waals surface area contributed by atoms with Crippen molar-refractivity contribution in [2.75, 3.05) is 0 Å². The van der Waals surface area contributed by atoms with Crippen molar-refractivity contribution in [1.82, 2.24) is 4.72 Å². The molecule has 152 valence electrons. The third kappa shape index (κ3) is 4.47. The summed E-state index contributed by atoms with van der Waals surface area (Å²) in [6, 6.07) is 18.8. The molecule has 3 unspecified atom stereocenters. The Labute approximate surface area is 176 Å². The van der Waals surface area contributed by atoms with Crippen molar-refractivity contribution >= 4 is 28.6 Å². The van der Waals surface area contributed by atoms with E-state index < -0.39 is 27.4 Å². The summed E-state index contributed by atoms with van der Waals surface area (Å²) in [5.74, 6) is -2.01. The molecular formula is C22H23NO4S2. The second-order valence-electron chi connectivity index (χ2n) is 7.08. The van der Waals surface area contributed by atoms with Gasteiger partial charge in [-0.3, -0.25) is 4.79 Å². The number of carboxylic acid groups (broad SMARTS) is 1. The molecule has 5 nitrogen and oxygen atoms in total. The van der Waals surface area contributed by atoms with Gasteiger partial charge in [0.25, 0.3) is 0 Å². The van der Waals surface area contributed by atoms with Gasteiger partial charge in [-0.1, -0.05) is 79.7 Å². The van der Waals surface area contributed by atoms with Gasteiger partial charge in [0.15, 0.2) is 0 Å². The number of carboxylic acids is 1. The van der Waals surface area contributed by atoms with Gasteiger partial charge in [0.2, 0.25) is 10.0 Å². The fourth-order valence-corrected chi connectivity index (χ4v) is 5.06. The predicted octanol–water partition coefficient (Wildman–Crippen LogP) is 3.73. The van der Waals surface area contributed by atoms with E-state index in [1.54, 1.807) is 13.0 Å². The fourth-order valence-electron chi connectivity index (χ4n) is 3.63. The zero-order chi connectivity index (χ0) is 21.1. The first kappa shape index (κ1) is 21.4. The highest BCUT2D eigenvalue weighted by atomic mass is 32.3. The quantitative estimate of drug-likeness (QED) is 0.441. The number of rotatable bonds is 8. The minimum atomic E-state index is -4.08. The number of benzene rings is 2. The van der Waals surface area contributed by atoms with Crippen LogP contribution in [0.25, 0.3) is 0 Å². The van der Waals surface area contributed by atoms with Gasteiger partial charge in [-0.05, 0) is 29.5 Å². The van der Waals surface area contributed by atoms with Gasteiger partial charge < -0.3 is 5.11 Å². The molecular weight excluding hydrogens is 406 g/mol. The van der Waals surface area contributed by atoms with E-state index >= 15 is 0 Å². The van der Waals surface area contributed by atoms with Crippen LogP contribution in [-0.4, -0.2) is 25.0 Å². The van der Waals surface area contributed by atoms with Crippen LogP contribution < -0.4 is 4.72 Å². The lowest BCUT2D eigenvalue weighted by atomic mass is 10.1. The molecule has 0 radical (unpaired) electrons. The summed E-state index contributed by atoms with van der Waals surface area (Å²) in [5.41, 5.74) is 0.314. The van der Waals surface area contributed by atoms with Crippen LogP contribution in [0.1, 0.15) is 24.0 Å². The van der Waals surface area contributed by atoms with E-state index in [0.29, 0.717) is 6.42 Å². The van der Waals surface area contributed by atoms with Crippen molar-refractivity contribution in [2.24, 2.45) is 5.92 Å². The first-order valence-corrected chi connectivity index (χ1v) is 11.1. The Morgan fingerprint density at radius 1 is 1.14 bits per heavy atom. The molecule has 0 saturated heterocycles. The molecule has 7 heteroatoms. The smallest absolute Gasteiger partial charge is 0.325 e. The minimum Gasteiger partial charge on any atom is -0.480 e. The van der Waals surface area contributed by atoms with E-state index in [0.717, 1.165) is 11.1 Å². The van der Waals surface area contributed by atoms with E-state index in [-0.39, 0.29) is 10.2 Å². The summed E-state index contributed by atoms with van der Waals surface area (Å²) < 4.78 is 27.6. The molecule has 1 fully saturated rings. The Hall–Kier alpha value is -2.35. The average Bonchev–Trinajstić information content (AvgIpc) is 3.30. The first-order chi connectivity index (χ1) is 13.8. The number of thiol groups is 1. The van der Waals surface area contributed by atoms with E-state index in [2.05, 4.69) is 17.4 Å². The molecule has 1 saturated carbocycles. The van der Waals surface area contributed by atoms with Gasteiger partial charge >= 0.3 is 5.97 Å². The summed E-state index contributed by atoms with van der Waals surface area (Å²) >= 11 is 4.09. The normalized spacial score (nSPS) is 24.6. The molecule has 2 aromatic rings. The Balaban J connectivity index is 1.75. The molecule has 0 heterocycles. The zero-order valence-corrected chi connectivity index (χ0v) is 17.6. The van der Waals surface area contributed by atoms with E-state index in [9.17, 15) is 18.3 Å². The molecule has 29 heavy (non-hydrogen) atoms. The number of hydrogen-bond acceptors (Lipinski definition) is 4. The number of carbonyl (C=O) groups is 1. The third-order valence-electron chi connectivity index (χ3n) is 5.26. The standard InChI is InChI=1S/C22H23NO4S2/c1-16-20(18-13-6-3-7-14-18)22(16,21(24)25)23-29(26,27)19(28)15-9-8-12-17-10-4-2-5-11-17/h2-11,13-16,20,23,28H,12H2,1H3,(H,24,25)/b9-8+,19-15+. The summed E-state index contributed by atoms with van der Waals surface area (Å²) in [6.07, 6.45) is 5.43. The maximum Gasteiger partial charge on any atom is 0.325 e. The summed E-state index contributed by atoms with van der Waals surface area (Å²) in [4.78, 5) is 12.0. The van der Waals surface area contributed by atoms with Crippen LogP contribution in [-0.2, 0) is 21.2 Å². The molecule has 0 bridgehead atoms. The minimum absolute atomic E-state index is 0.228. The first-order valence-electron chi connectivity index (χ1n) is 9.21. The highest BCUT2D eigenvalue weighted by molar-refractivity contribution is 8.09. The Morgan fingerprint density at radius 2 is 1.72 bits per heavy atom. The van der Waals surface area contributed by atoms with Gasteiger partial charge in [0.1, 0.15) is 9.78 Å². The summed E-state index contributed by atoms with van der Waals surface area (Å²) in [5, 5.41) is 9.81. The number of hydrogen-bond donors (Lipinski definition) is 3. The zero-order valence-electron chi connectivity index (χ0n) is 15.9. The molecule has 0 amide bonds. The Kier molecular flexibility index (Phi) is 6.31. The van der Waals surface area contributed by atoms with Crippen LogP contribution in [0.2, 0.25) is 0 Å². The lowest BCUT2D eigenvalue weighted by molar-refractivity contribution is -0.140. The second-order valence-corrected chi connectivity index (χ2v) is 9.51. The molecule has 2 aromatic carbocycles. The van der Waals surface area contributed by atoms with Crippen LogP contribution >= 0.6 is 12.6 Å². The summed E-state index contributed by atoms with van der Waals surface area (Å²) in [6.45, 7) is 1.73. The van der Waals surface area contributed by atoms with E-state index in [1.807, 2.05) is 66.7 Å². The lowest BCUT2D eigenvalue weighted by Gasteiger charge is -2.16. The second kappa shape index (κ2) is 8.57. The molecule has 3 atom stereocenters. The highest BCUT2D eigenvalue weighted by Crippen LogP contribution is 2.58. The molecule has 0 spiro atoms. The monoisotopic (exact) mass is 429 g/mol. The largest absolute Gasteiger partial charge is 0.480 e. The van der Waals surface area contributed by atoms with Crippen LogP contribution in [0.5, 0.6) is 0 Å². The van der Waals surface area contributed by atoms with Crippen LogP contribution in [0.3, 0.4) is 0 Å². The number of nitrogens with one attached hydrogen (secondary N) is 1. The van der Waals surface area contributed by atoms with E-state index in [4.69, 9.17) is 0 Å². The van der Waals surface area contributed by atoms with Crippen molar-refractivity contribution in [3.63, 3.8) is 0 Å². The third-order valence-corrected chi connectivity index (χ3v) is 7.43. The van der Waals surface area contributed by atoms with Gasteiger partial charge in [-0.15, -0.1) is 12.6 Å². The maximum atomic E-state index is 12.7. The molecule has 3 rings (SSSR count). The van der Waals surface area contributed by atoms with E-state index in [1.165, 1.54) is 6.08 Å². The van der Waals surface area contributed by atoms with Gasteiger partial charge in [0, 0.05) is 5.92 Å². The topological polar surface area (TPSA) is 83.5 Å². The number of sulfonamides is 1. The van der Waals surface area contributed by atoms with Crippen LogP contribution in [0.4, 0.5) is 0 Å². The number of aliphatic carboxylic acids is 1. The lowest BCUT2D eigenvalue weighted by Crippen LogP contribution is -2.45. The van der Waals surface area contributed by atoms with Crippen molar-refractivity contribution in [3.8, 4) is 0 Å². The van der Waals surface area contributed by atoms with Crippen LogP contribution in [0, 0.1) is 5.92 Å². The molecule has 1 aliphatic rings. The van der Waals surface area contributed by atoms with Crippen molar-refractivity contribution in [1.29, 1.82) is 0 Å².